The van der Waals surface area contributed by atoms with Gasteiger partial charge >= 0.3 is 12.1 Å². The molecule has 2 saturated heterocycles. The highest BCUT2D eigenvalue weighted by atomic mass is 16.5. The van der Waals surface area contributed by atoms with Crippen molar-refractivity contribution in [3.05, 3.63) is 12.2 Å². The van der Waals surface area contributed by atoms with Crippen LogP contribution < -0.4 is 0 Å². The molecule has 0 bridgehead atoms. The van der Waals surface area contributed by atoms with Gasteiger partial charge in [0, 0.05) is 27.9 Å². The smallest absolute Gasteiger partial charge is 0.327 e. The summed E-state index contributed by atoms with van der Waals surface area (Å²) < 4.78 is 21.6. The van der Waals surface area contributed by atoms with Crippen LogP contribution >= 0.6 is 0 Å². The van der Waals surface area contributed by atoms with Crippen LogP contribution in [0.1, 0.15) is 33.6 Å². The Kier molecular flexibility index (Phi) is 8.48. The number of methoxy groups -OCH3 is 3. The van der Waals surface area contributed by atoms with Crippen LogP contribution in [-0.4, -0.2) is 104 Å². The van der Waals surface area contributed by atoms with Crippen LogP contribution in [0.25, 0.3) is 0 Å². The Morgan fingerprint density at radius 1 is 0.700 bits per heavy atom. The summed E-state index contributed by atoms with van der Waals surface area (Å²) in [4.78, 5) is 33.7. The molecule has 2 fully saturated rings. The van der Waals surface area contributed by atoms with Crippen molar-refractivity contribution < 1.29 is 28.5 Å². The van der Waals surface area contributed by atoms with Crippen molar-refractivity contribution in [1.82, 2.24) is 19.6 Å². The lowest BCUT2D eigenvalue weighted by atomic mass is 9.86. The first kappa shape index (κ1) is 24.4. The van der Waals surface area contributed by atoms with Gasteiger partial charge < -0.3 is 18.9 Å². The Bertz CT molecular complexity index is 632. The summed E-state index contributed by atoms with van der Waals surface area (Å²) in [5.74, 6) is 0. The first-order valence-corrected chi connectivity index (χ1v) is 10.4. The summed E-state index contributed by atoms with van der Waals surface area (Å²) in [5, 5.41) is 0. The number of nitrogens with zero attached hydrogens (tertiary/aromatic N) is 4. The zero-order valence-electron chi connectivity index (χ0n) is 19.0. The van der Waals surface area contributed by atoms with Crippen molar-refractivity contribution in [3.63, 3.8) is 0 Å². The zero-order chi connectivity index (χ0) is 22.4. The Hall–Kier alpha value is -1.88. The lowest BCUT2D eigenvalue weighted by molar-refractivity contribution is -0.125. The number of likely N-dealkylation sites (N-methyl/N-ethyl adjacent to an activating group) is 1. The fourth-order valence-corrected chi connectivity index (χ4v) is 5.00. The minimum absolute atomic E-state index is 0.0521. The van der Waals surface area contributed by atoms with Crippen molar-refractivity contribution in [1.29, 1.82) is 0 Å². The lowest BCUT2D eigenvalue weighted by Gasteiger charge is -2.48. The van der Waals surface area contributed by atoms with Gasteiger partial charge in [0.2, 0.25) is 0 Å². The maximum atomic E-state index is 13.5. The van der Waals surface area contributed by atoms with Crippen LogP contribution in [0.3, 0.4) is 0 Å². The van der Waals surface area contributed by atoms with Gasteiger partial charge in [0.15, 0.2) is 11.3 Å². The van der Waals surface area contributed by atoms with E-state index in [0.717, 1.165) is 0 Å². The van der Waals surface area contributed by atoms with Crippen molar-refractivity contribution in [2.45, 2.75) is 44.9 Å². The number of carbonyl (C=O) groups excluding carboxylic acids is 2. The second kappa shape index (κ2) is 10.4. The van der Waals surface area contributed by atoms with E-state index >= 15 is 0 Å². The molecule has 2 heterocycles. The number of carbonyl (C=O) groups is 2. The van der Waals surface area contributed by atoms with Gasteiger partial charge in [0.25, 0.3) is 0 Å². The Balaban J connectivity index is 2.50. The lowest BCUT2D eigenvalue weighted by Crippen LogP contribution is -2.68. The van der Waals surface area contributed by atoms with Gasteiger partial charge in [-0.15, -0.1) is 0 Å². The van der Waals surface area contributed by atoms with Crippen LogP contribution in [-0.2, 0) is 18.9 Å². The standard InChI is InChI=1S/C20H36N4O6/c1-7-19-20(8-2,23(15-29-6)18(26)22(19)14-28-5)24(17(25)21(19)9-3)16-30-13-11-10-12-27-4/h10-11H,7-9,12-16H2,1-6H3/b11-10+. The number of rotatable bonds is 13. The average molecular weight is 429 g/mol. The van der Waals surface area contributed by atoms with E-state index in [4.69, 9.17) is 18.9 Å². The third-order valence-corrected chi connectivity index (χ3v) is 6.03. The number of hydrogen-bond donors (Lipinski definition) is 0. The third kappa shape index (κ3) is 3.45. The topological polar surface area (TPSA) is 84.0 Å². The first-order valence-electron chi connectivity index (χ1n) is 10.4. The summed E-state index contributed by atoms with van der Waals surface area (Å²) in [5.41, 5.74) is -1.84. The van der Waals surface area contributed by atoms with Crippen LogP contribution in [0, 0.1) is 0 Å². The summed E-state index contributed by atoms with van der Waals surface area (Å²) >= 11 is 0. The second-order valence-corrected chi connectivity index (χ2v) is 7.20. The molecule has 0 aliphatic carbocycles. The Morgan fingerprint density at radius 3 is 1.63 bits per heavy atom. The number of hydrogen-bond acceptors (Lipinski definition) is 6. The number of ether oxygens (including phenoxy) is 4. The quantitative estimate of drug-likeness (QED) is 0.330. The predicted molar refractivity (Wildman–Crippen MR) is 110 cm³/mol. The minimum atomic E-state index is -0.948. The molecule has 10 heteroatoms. The van der Waals surface area contributed by atoms with Gasteiger partial charge in [-0.05, 0) is 19.8 Å². The molecule has 2 unspecified atom stereocenters. The van der Waals surface area contributed by atoms with E-state index in [1.807, 2.05) is 32.9 Å². The van der Waals surface area contributed by atoms with E-state index in [-0.39, 0.29) is 32.3 Å². The van der Waals surface area contributed by atoms with Crippen molar-refractivity contribution in [3.8, 4) is 0 Å². The summed E-state index contributed by atoms with van der Waals surface area (Å²) in [6.45, 7) is 7.36. The van der Waals surface area contributed by atoms with Crippen LogP contribution in [0.4, 0.5) is 9.59 Å². The van der Waals surface area contributed by atoms with Crippen molar-refractivity contribution in [2.24, 2.45) is 0 Å². The van der Waals surface area contributed by atoms with Crippen LogP contribution in [0.15, 0.2) is 12.2 Å². The molecular weight excluding hydrogens is 392 g/mol. The highest BCUT2D eigenvalue weighted by molar-refractivity contribution is 5.88. The molecule has 2 aliphatic heterocycles. The van der Waals surface area contributed by atoms with E-state index in [0.29, 0.717) is 32.6 Å². The highest BCUT2D eigenvalue weighted by Gasteiger charge is 2.76. The Labute approximate surface area is 179 Å². The molecule has 0 saturated carbocycles. The fourth-order valence-electron chi connectivity index (χ4n) is 5.00. The minimum Gasteiger partial charge on any atom is -0.381 e. The summed E-state index contributed by atoms with van der Waals surface area (Å²) in [7, 11) is 4.71. The van der Waals surface area contributed by atoms with E-state index in [1.165, 1.54) is 0 Å². The monoisotopic (exact) mass is 428 g/mol. The highest BCUT2D eigenvalue weighted by Crippen LogP contribution is 2.54. The Morgan fingerprint density at radius 2 is 1.17 bits per heavy atom. The largest absolute Gasteiger partial charge is 0.381 e. The molecule has 30 heavy (non-hydrogen) atoms. The fraction of sp³-hybridized carbons (Fsp3) is 0.800. The van der Waals surface area contributed by atoms with Gasteiger partial charge in [0.1, 0.15) is 20.2 Å². The third-order valence-electron chi connectivity index (χ3n) is 6.03. The van der Waals surface area contributed by atoms with E-state index in [1.54, 1.807) is 40.9 Å². The molecule has 0 aromatic heterocycles. The van der Waals surface area contributed by atoms with Crippen molar-refractivity contribution >= 4 is 12.1 Å². The molecule has 4 amide bonds. The molecule has 10 nitrogen and oxygen atoms in total. The molecule has 0 radical (unpaired) electrons. The molecular formula is C20H36N4O6. The van der Waals surface area contributed by atoms with Gasteiger partial charge in [-0.1, -0.05) is 26.0 Å². The first-order chi connectivity index (χ1) is 14.5. The van der Waals surface area contributed by atoms with Gasteiger partial charge in [-0.25, -0.2) is 9.59 Å². The predicted octanol–water partition coefficient (Wildman–Crippen LogP) is 2.08. The van der Waals surface area contributed by atoms with Crippen LogP contribution in [0.2, 0.25) is 0 Å². The molecule has 0 aromatic carbocycles. The van der Waals surface area contributed by atoms with Crippen molar-refractivity contribution in [2.75, 3.05) is 61.3 Å². The molecule has 0 aromatic rings. The van der Waals surface area contributed by atoms with Gasteiger partial charge in [-0.3, -0.25) is 19.6 Å². The maximum absolute atomic E-state index is 13.5. The van der Waals surface area contributed by atoms with E-state index < -0.39 is 11.3 Å². The van der Waals surface area contributed by atoms with Gasteiger partial charge in [0.05, 0.1) is 13.2 Å². The molecule has 0 N–H and O–H groups in total. The SMILES string of the molecule is CCN1C(=O)N(COC/C=C/COC)C2(CC)N(COC)C(=O)N(COC)C12CC. The van der Waals surface area contributed by atoms with Crippen LogP contribution in [0.5, 0.6) is 0 Å². The number of urea groups is 2. The average Bonchev–Trinajstić information content (AvgIpc) is 3.08. The number of fused-ring (bicyclic) bond motifs is 1. The van der Waals surface area contributed by atoms with E-state index in [2.05, 4.69) is 0 Å². The van der Waals surface area contributed by atoms with Gasteiger partial charge in [-0.2, -0.15) is 0 Å². The summed E-state index contributed by atoms with van der Waals surface area (Å²) in [6.07, 6.45) is 4.76. The number of amides is 4. The maximum Gasteiger partial charge on any atom is 0.327 e. The summed E-state index contributed by atoms with van der Waals surface area (Å²) in [6, 6.07) is -0.393. The molecule has 2 aliphatic rings. The van der Waals surface area contributed by atoms with E-state index in [9.17, 15) is 9.59 Å². The molecule has 2 rings (SSSR count). The molecule has 0 spiro atoms. The molecule has 172 valence electrons. The molecule has 2 atom stereocenters. The zero-order valence-corrected chi connectivity index (χ0v) is 19.0. The second-order valence-electron chi connectivity index (χ2n) is 7.20. The normalized spacial score (nSPS) is 26.6.